The first-order valence-corrected chi connectivity index (χ1v) is 8.86. The summed E-state index contributed by atoms with van der Waals surface area (Å²) in [5, 5.41) is 0. The van der Waals surface area contributed by atoms with Crippen LogP contribution in [0.1, 0.15) is 23.2 Å². The molecule has 5 heteroatoms. The number of hydrogen-bond acceptors (Lipinski definition) is 4. The van der Waals surface area contributed by atoms with Crippen molar-refractivity contribution in [2.24, 2.45) is 0 Å². The maximum Gasteiger partial charge on any atom is 0.227 e. The number of anilines is 1. The van der Waals surface area contributed by atoms with Crippen LogP contribution in [0.25, 0.3) is 0 Å². The molecule has 3 rings (SSSR count). The van der Waals surface area contributed by atoms with Crippen LogP contribution in [0.15, 0.2) is 53.4 Å². The Morgan fingerprint density at radius 2 is 2.00 bits per heavy atom. The molecule has 24 heavy (non-hydrogen) atoms. The van der Waals surface area contributed by atoms with E-state index in [1.807, 2.05) is 42.5 Å². The monoisotopic (exact) mass is 341 g/mol. The minimum atomic E-state index is 0.0595. The molecule has 0 saturated carbocycles. The van der Waals surface area contributed by atoms with Gasteiger partial charge in [0.25, 0.3) is 0 Å². The highest BCUT2D eigenvalue weighted by Gasteiger charge is 2.22. The molecule has 1 fully saturated rings. The molecule has 0 aromatic heterocycles. The number of thioether (sulfide) groups is 1. The number of carbonyl (C=O) groups is 2. The number of methoxy groups -OCH3 is 1. The molecule has 0 bridgehead atoms. The van der Waals surface area contributed by atoms with Gasteiger partial charge in [-0.2, -0.15) is 0 Å². The fourth-order valence-corrected chi connectivity index (χ4v) is 3.47. The average molecular weight is 341 g/mol. The summed E-state index contributed by atoms with van der Waals surface area (Å²) in [5.74, 6) is 1.36. The Bertz CT molecular complexity index is 743. The third kappa shape index (κ3) is 3.79. The Hall–Kier alpha value is -2.27. The van der Waals surface area contributed by atoms with E-state index in [0.717, 1.165) is 29.3 Å². The summed E-state index contributed by atoms with van der Waals surface area (Å²) in [4.78, 5) is 27.1. The van der Waals surface area contributed by atoms with Crippen molar-refractivity contribution in [2.75, 3.05) is 24.3 Å². The summed E-state index contributed by atoms with van der Waals surface area (Å²) in [7, 11) is 1.63. The van der Waals surface area contributed by atoms with Crippen LogP contribution in [0.5, 0.6) is 5.75 Å². The highest BCUT2D eigenvalue weighted by Crippen LogP contribution is 2.25. The van der Waals surface area contributed by atoms with E-state index < -0.39 is 0 Å². The van der Waals surface area contributed by atoms with E-state index in [2.05, 4.69) is 0 Å². The SMILES string of the molecule is COc1ccc(SCC(=O)c2cccc(N3CCCC3=O)c2)cc1. The number of Topliss-reactive ketones (excluding diaryl/α,β-unsaturated/α-hetero) is 1. The molecule has 124 valence electrons. The lowest BCUT2D eigenvalue weighted by Gasteiger charge is -2.16. The molecule has 1 aliphatic rings. The molecule has 4 nitrogen and oxygen atoms in total. The quantitative estimate of drug-likeness (QED) is 0.592. The molecule has 0 N–H and O–H groups in total. The van der Waals surface area contributed by atoms with Crippen LogP contribution in [0, 0.1) is 0 Å². The second kappa shape index (κ2) is 7.53. The number of benzene rings is 2. The van der Waals surface area contributed by atoms with E-state index in [9.17, 15) is 9.59 Å². The van der Waals surface area contributed by atoms with Crippen molar-refractivity contribution in [2.45, 2.75) is 17.7 Å². The molecule has 0 atom stereocenters. The van der Waals surface area contributed by atoms with Gasteiger partial charge in [0.2, 0.25) is 5.91 Å². The summed E-state index contributed by atoms with van der Waals surface area (Å²) < 4.78 is 5.13. The van der Waals surface area contributed by atoms with E-state index >= 15 is 0 Å². The average Bonchev–Trinajstić information content (AvgIpc) is 3.06. The molecular weight excluding hydrogens is 322 g/mol. The van der Waals surface area contributed by atoms with E-state index in [-0.39, 0.29) is 11.7 Å². The lowest BCUT2D eigenvalue weighted by atomic mass is 10.1. The molecular formula is C19H19NO3S. The fourth-order valence-electron chi connectivity index (χ4n) is 2.67. The van der Waals surface area contributed by atoms with Gasteiger partial charge in [0.05, 0.1) is 12.9 Å². The van der Waals surface area contributed by atoms with Gasteiger partial charge in [0.15, 0.2) is 5.78 Å². The minimum absolute atomic E-state index is 0.0595. The van der Waals surface area contributed by atoms with E-state index in [4.69, 9.17) is 4.74 Å². The zero-order valence-corrected chi connectivity index (χ0v) is 14.3. The summed E-state index contributed by atoms with van der Waals surface area (Å²) in [6, 6.07) is 15.0. The smallest absolute Gasteiger partial charge is 0.227 e. The van der Waals surface area contributed by atoms with Gasteiger partial charge in [-0.1, -0.05) is 12.1 Å². The van der Waals surface area contributed by atoms with Crippen LogP contribution in [0.2, 0.25) is 0 Å². The third-order valence-corrected chi connectivity index (χ3v) is 4.99. The number of ketones is 1. The van der Waals surface area contributed by atoms with Gasteiger partial charge < -0.3 is 9.64 Å². The van der Waals surface area contributed by atoms with Crippen LogP contribution >= 0.6 is 11.8 Å². The number of rotatable bonds is 6. The first-order chi connectivity index (χ1) is 11.7. The van der Waals surface area contributed by atoms with Crippen LogP contribution in [-0.2, 0) is 4.79 Å². The van der Waals surface area contributed by atoms with Crippen LogP contribution in [-0.4, -0.2) is 31.1 Å². The van der Waals surface area contributed by atoms with Gasteiger partial charge in [-0.3, -0.25) is 9.59 Å². The maximum absolute atomic E-state index is 12.4. The summed E-state index contributed by atoms with van der Waals surface area (Å²) in [6.45, 7) is 0.733. The van der Waals surface area contributed by atoms with Gasteiger partial charge in [-0.05, 0) is 42.8 Å². The van der Waals surface area contributed by atoms with Crippen molar-refractivity contribution in [1.82, 2.24) is 0 Å². The molecule has 0 spiro atoms. The molecule has 1 aliphatic heterocycles. The number of nitrogens with zero attached hydrogens (tertiary/aromatic N) is 1. The summed E-state index contributed by atoms with van der Waals surface area (Å²) >= 11 is 1.50. The van der Waals surface area contributed by atoms with Crippen molar-refractivity contribution in [3.63, 3.8) is 0 Å². The van der Waals surface area contributed by atoms with Gasteiger partial charge in [-0.25, -0.2) is 0 Å². The van der Waals surface area contributed by atoms with E-state index in [0.29, 0.717) is 17.7 Å². The first kappa shape index (κ1) is 16.6. The van der Waals surface area contributed by atoms with Crippen LogP contribution in [0.3, 0.4) is 0 Å². The second-order valence-corrected chi connectivity index (χ2v) is 6.64. The molecule has 2 aromatic carbocycles. The van der Waals surface area contributed by atoms with Crippen molar-refractivity contribution < 1.29 is 14.3 Å². The molecule has 2 aromatic rings. The van der Waals surface area contributed by atoms with Crippen LogP contribution < -0.4 is 9.64 Å². The highest BCUT2D eigenvalue weighted by molar-refractivity contribution is 8.00. The lowest BCUT2D eigenvalue weighted by Crippen LogP contribution is -2.23. The van der Waals surface area contributed by atoms with Crippen LogP contribution in [0.4, 0.5) is 5.69 Å². The zero-order valence-electron chi connectivity index (χ0n) is 13.5. The summed E-state index contributed by atoms with van der Waals surface area (Å²) in [6.07, 6.45) is 1.47. The number of ether oxygens (including phenoxy) is 1. The molecule has 1 heterocycles. The molecule has 1 amide bonds. The summed E-state index contributed by atoms with van der Waals surface area (Å²) in [5.41, 5.74) is 1.46. The second-order valence-electron chi connectivity index (χ2n) is 5.59. The number of carbonyl (C=O) groups excluding carboxylic acids is 2. The van der Waals surface area contributed by atoms with E-state index in [1.54, 1.807) is 18.1 Å². The molecule has 1 saturated heterocycles. The predicted octanol–water partition coefficient (Wildman–Crippen LogP) is 3.80. The molecule has 0 aliphatic carbocycles. The normalized spacial score (nSPS) is 14.0. The van der Waals surface area contributed by atoms with Gasteiger partial charge in [-0.15, -0.1) is 11.8 Å². The van der Waals surface area contributed by atoms with Crippen molar-refractivity contribution in [3.8, 4) is 5.75 Å². The maximum atomic E-state index is 12.4. The Balaban J connectivity index is 1.65. The number of amides is 1. The van der Waals surface area contributed by atoms with Crippen molar-refractivity contribution >= 4 is 29.1 Å². The standard InChI is InChI=1S/C19H19NO3S/c1-23-16-7-9-17(10-8-16)24-13-18(21)14-4-2-5-15(12-14)20-11-3-6-19(20)22/h2,4-5,7-10,12H,3,6,11,13H2,1H3. The van der Waals surface area contributed by atoms with Gasteiger partial charge >= 0.3 is 0 Å². The lowest BCUT2D eigenvalue weighted by molar-refractivity contribution is -0.117. The number of hydrogen-bond donors (Lipinski definition) is 0. The third-order valence-electron chi connectivity index (χ3n) is 3.98. The topological polar surface area (TPSA) is 46.6 Å². The Morgan fingerprint density at radius 3 is 2.67 bits per heavy atom. The zero-order chi connectivity index (χ0) is 16.9. The highest BCUT2D eigenvalue weighted by atomic mass is 32.2. The molecule has 0 unspecified atom stereocenters. The van der Waals surface area contributed by atoms with E-state index in [1.165, 1.54) is 11.8 Å². The van der Waals surface area contributed by atoms with Gasteiger partial charge in [0.1, 0.15) is 5.75 Å². The molecule has 0 radical (unpaired) electrons. The minimum Gasteiger partial charge on any atom is -0.497 e. The Morgan fingerprint density at radius 1 is 1.21 bits per heavy atom. The largest absolute Gasteiger partial charge is 0.497 e. The predicted molar refractivity (Wildman–Crippen MR) is 96.1 cm³/mol. The first-order valence-electron chi connectivity index (χ1n) is 7.88. The fraction of sp³-hybridized carbons (Fsp3) is 0.263. The Kier molecular flexibility index (Phi) is 5.20. The Labute approximate surface area is 145 Å². The van der Waals surface area contributed by atoms with Crippen molar-refractivity contribution in [3.05, 3.63) is 54.1 Å². The van der Waals surface area contributed by atoms with Gasteiger partial charge in [0, 0.05) is 29.1 Å². The van der Waals surface area contributed by atoms with Crippen molar-refractivity contribution in [1.29, 1.82) is 0 Å².